The molecular formula is C20F42O. The molecule has 0 aromatic carbocycles. The van der Waals surface area contributed by atoms with Crippen molar-refractivity contribution in [1.29, 1.82) is 0 Å². The van der Waals surface area contributed by atoms with Gasteiger partial charge in [-0.3, -0.25) is 4.74 Å². The van der Waals surface area contributed by atoms with Crippen LogP contribution in [-0.2, 0) is 4.74 Å². The molecule has 2 atom stereocenters. The maximum atomic E-state index is 14.6. The second-order valence-corrected chi connectivity index (χ2v) is 11.3. The molecule has 0 aromatic heterocycles. The molecule has 380 valence electrons. The number of alkyl halides is 42. The van der Waals surface area contributed by atoms with Gasteiger partial charge in [0, 0.05) is 0 Å². The summed E-state index contributed by atoms with van der Waals surface area (Å²) >= 11 is 0. The van der Waals surface area contributed by atoms with Gasteiger partial charge in [-0.05, 0) is 0 Å². The zero-order chi connectivity index (χ0) is 52.7. The average molecular weight is 1050 g/mol. The van der Waals surface area contributed by atoms with Gasteiger partial charge in [-0.1, -0.05) is 0 Å². The second kappa shape index (κ2) is 14.3. The Morgan fingerprint density at radius 1 is 0.127 bits per heavy atom. The zero-order valence-electron chi connectivity index (χ0n) is 26.3. The van der Waals surface area contributed by atoms with Gasteiger partial charge < -0.3 is 0 Å². The van der Waals surface area contributed by atoms with E-state index in [1.807, 2.05) is 0 Å². The summed E-state index contributed by atoms with van der Waals surface area (Å²) < 4.78 is 564. The fourth-order valence-electron chi connectivity index (χ4n) is 3.53. The van der Waals surface area contributed by atoms with Crippen LogP contribution < -0.4 is 0 Å². The summed E-state index contributed by atoms with van der Waals surface area (Å²) in [6.07, 6.45) is -36.9. The molecule has 0 rings (SSSR count). The highest BCUT2D eigenvalue weighted by Crippen LogP contribution is 2.70. The molecule has 0 aliphatic rings. The van der Waals surface area contributed by atoms with Crippen LogP contribution in [-0.4, -0.2) is 119 Å². The van der Waals surface area contributed by atoms with E-state index in [0.29, 0.717) is 0 Å². The third kappa shape index (κ3) is 7.05. The molecule has 0 amide bonds. The van der Waals surface area contributed by atoms with Crippen LogP contribution in [0.5, 0.6) is 0 Å². The first-order chi connectivity index (χ1) is 26.2. The highest BCUT2D eigenvalue weighted by Gasteiger charge is 3.02. The average Bonchev–Trinajstić information content (AvgIpc) is 3.00. The maximum Gasteiger partial charge on any atom is 0.460 e. The van der Waals surface area contributed by atoms with Gasteiger partial charge in [0.2, 0.25) is 0 Å². The normalized spacial score (nSPS) is 19.0. The van der Waals surface area contributed by atoms with Gasteiger partial charge in [-0.2, -0.15) is 184 Å². The number of ether oxygens (including phenoxy) is 1. The SMILES string of the molecule is FC(F)(F)C(F)(F)C(F)(F)C(F)(F)C(F)(F)C(F)(F)C(F)(F)C(F)(F)C(F)(OC(F)(C(F)(F)F)C(F)(F)C(F)(F)C(F)(F)C(F)(F)C(F)(F)C(F)(F)C(F)(F)C(F)(F)F)C(F)(F)F. The molecule has 0 aliphatic heterocycles. The summed E-state index contributed by atoms with van der Waals surface area (Å²) in [5, 5.41) is 0. The lowest BCUT2D eigenvalue weighted by Crippen LogP contribution is -2.80. The number of rotatable bonds is 16. The van der Waals surface area contributed by atoms with Crippen LogP contribution in [0.25, 0.3) is 0 Å². The Kier molecular flexibility index (Phi) is 13.6. The van der Waals surface area contributed by atoms with Crippen molar-refractivity contribution >= 4 is 0 Å². The Balaban J connectivity index is 8.48. The molecule has 0 bridgehead atoms. The van der Waals surface area contributed by atoms with Gasteiger partial charge in [0.05, 0.1) is 0 Å². The Hall–Kier alpha value is -2.98. The topological polar surface area (TPSA) is 9.23 Å². The highest BCUT2D eigenvalue weighted by atomic mass is 19.5. The maximum absolute atomic E-state index is 14.6. The first-order valence-corrected chi connectivity index (χ1v) is 12.8. The lowest BCUT2D eigenvalue weighted by Gasteiger charge is -2.48. The van der Waals surface area contributed by atoms with Crippen LogP contribution in [0, 0.1) is 0 Å². The van der Waals surface area contributed by atoms with Crippen LogP contribution in [0.15, 0.2) is 0 Å². The van der Waals surface area contributed by atoms with Crippen LogP contribution in [0.2, 0.25) is 0 Å². The predicted octanol–water partition coefficient (Wildman–Crippen LogP) is 13.5. The van der Waals surface area contributed by atoms with Crippen molar-refractivity contribution in [1.82, 2.24) is 0 Å². The Labute approximate surface area is 310 Å². The summed E-state index contributed by atoms with van der Waals surface area (Å²) in [5.74, 6) is -163. The van der Waals surface area contributed by atoms with Gasteiger partial charge in [0.15, 0.2) is 0 Å². The van der Waals surface area contributed by atoms with Gasteiger partial charge in [0.1, 0.15) is 0 Å². The third-order valence-corrected chi connectivity index (χ3v) is 7.26. The Morgan fingerprint density at radius 2 is 0.238 bits per heavy atom. The van der Waals surface area contributed by atoms with E-state index >= 15 is 0 Å². The second-order valence-electron chi connectivity index (χ2n) is 11.3. The minimum Gasteiger partial charge on any atom is -0.284 e. The fourth-order valence-corrected chi connectivity index (χ4v) is 3.53. The van der Waals surface area contributed by atoms with E-state index < -0.39 is 119 Å². The highest BCUT2D eigenvalue weighted by molar-refractivity contribution is 5.21. The van der Waals surface area contributed by atoms with Crippen molar-refractivity contribution in [3.05, 3.63) is 0 Å². The molecule has 0 aliphatic carbocycles. The van der Waals surface area contributed by atoms with E-state index in [0.717, 1.165) is 0 Å². The summed E-state index contributed by atoms with van der Waals surface area (Å²) in [6, 6.07) is 0. The summed E-state index contributed by atoms with van der Waals surface area (Å²) in [6.45, 7) is 0. The largest absolute Gasteiger partial charge is 0.460 e. The van der Waals surface area contributed by atoms with Crippen LogP contribution in [0.4, 0.5) is 184 Å². The van der Waals surface area contributed by atoms with Crippen molar-refractivity contribution in [3.8, 4) is 0 Å². The van der Waals surface area contributed by atoms with Gasteiger partial charge >= 0.3 is 119 Å². The van der Waals surface area contributed by atoms with E-state index in [1.54, 1.807) is 0 Å². The van der Waals surface area contributed by atoms with E-state index in [4.69, 9.17) is 0 Å². The van der Waals surface area contributed by atoms with Crippen LogP contribution in [0.1, 0.15) is 0 Å². The number of hydrogen-bond donors (Lipinski definition) is 0. The Morgan fingerprint density at radius 3 is 0.349 bits per heavy atom. The van der Waals surface area contributed by atoms with Crippen LogP contribution >= 0.6 is 0 Å². The van der Waals surface area contributed by atoms with Crippen LogP contribution in [0.3, 0.4) is 0 Å². The Bertz CT molecular complexity index is 1520. The summed E-state index contributed by atoms with van der Waals surface area (Å²) in [5.41, 5.74) is 0. The van der Waals surface area contributed by atoms with Gasteiger partial charge in [-0.25, -0.2) is 0 Å². The molecular weight excluding hydrogens is 1050 g/mol. The molecule has 0 N–H and O–H groups in total. The lowest BCUT2D eigenvalue weighted by atomic mass is 9.86. The van der Waals surface area contributed by atoms with Crippen molar-refractivity contribution in [2.45, 2.75) is 119 Å². The molecule has 0 heterocycles. The van der Waals surface area contributed by atoms with Crippen molar-refractivity contribution in [2.24, 2.45) is 0 Å². The van der Waals surface area contributed by atoms with Gasteiger partial charge in [0.25, 0.3) is 0 Å². The van der Waals surface area contributed by atoms with E-state index in [2.05, 4.69) is 0 Å². The standard InChI is InChI=1S/C20F42O/c21-1(22,5(29,30)9(37,38)13(45,46)17(51,52)53)3(25,26)7(33,34)11(41,42)15(49,19(57,58)59)63-16(50,20(60,61)62)12(43,44)8(35,36)4(27,28)2(23,24)6(31,32)10(39,40)14(47,48)18(54,55)56. The van der Waals surface area contributed by atoms with Crippen molar-refractivity contribution in [3.63, 3.8) is 0 Å². The molecule has 0 saturated carbocycles. The summed E-state index contributed by atoms with van der Waals surface area (Å²) in [7, 11) is 0. The van der Waals surface area contributed by atoms with E-state index in [1.165, 1.54) is 0 Å². The molecule has 1 nitrogen and oxygen atoms in total. The number of halogens is 42. The monoisotopic (exact) mass is 1050 g/mol. The molecule has 0 aromatic rings. The third-order valence-electron chi connectivity index (χ3n) is 7.26. The molecule has 0 radical (unpaired) electrons. The molecule has 43 heteroatoms. The number of hydrogen-bond acceptors (Lipinski definition) is 1. The van der Waals surface area contributed by atoms with E-state index in [-0.39, 0.29) is 4.74 Å². The van der Waals surface area contributed by atoms with Crippen molar-refractivity contribution < 1.29 is 189 Å². The first kappa shape index (κ1) is 60.0. The van der Waals surface area contributed by atoms with Gasteiger partial charge in [-0.15, -0.1) is 0 Å². The lowest BCUT2D eigenvalue weighted by molar-refractivity contribution is -0.546. The quantitative estimate of drug-likeness (QED) is 0.140. The minimum absolute atomic E-state index is 0.167. The van der Waals surface area contributed by atoms with Crippen molar-refractivity contribution in [2.75, 3.05) is 0 Å². The molecule has 2 unspecified atom stereocenters. The molecule has 0 fully saturated rings. The van der Waals surface area contributed by atoms with E-state index in [9.17, 15) is 184 Å². The predicted molar refractivity (Wildman–Crippen MR) is 102 cm³/mol. The first-order valence-electron chi connectivity index (χ1n) is 12.8. The fraction of sp³-hybridized carbons (Fsp3) is 1.00. The smallest absolute Gasteiger partial charge is 0.284 e. The molecule has 0 spiro atoms. The molecule has 63 heavy (non-hydrogen) atoms. The molecule has 0 saturated heterocycles. The summed E-state index contributed by atoms with van der Waals surface area (Å²) in [4.78, 5) is 0. The zero-order valence-corrected chi connectivity index (χ0v) is 26.3. The minimum atomic E-state index is -10.7.